The van der Waals surface area contributed by atoms with Gasteiger partial charge in [-0.2, -0.15) is 0 Å². The number of para-hydroxylation sites is 1. The van der Waals surface area contributed by atoms with Gasteiger partial charge in [0, 0.05) is 10.8 Å². The van der Waals surface area contributed by atoms with Gasteiger partial charge in [-0.25, -0.2) is 9.69 Å². The highest BCUT2D eigenvalue weighted by Crippen LogP contribution is 2.30. The molecule has 2 heterocycles. The van der Waals surface area contributed by atoms with Gasteiger partial charge in [-0.3, -0.25) is 4.79 Å². The van der Waals surface area contributed by atoms with Crippen molar-refractivity contribution >= 4 is 40.0 Å². The Kier molecular flexibility index (Phi) is 2.92. The van der Waals surface area contributed by atoms with E-state index in [2.05, 4.69) is 0 Å². The number of cyclic esters (lactones) is 1. The molecule has 2 aromatic carbocycles. The average molecular weight is 309 g/mol. The highest BCUT2D eigenvalue weighted by molar-refractivity contribution is 6.10. The van der Waals surface area contributed by atoms with Crippen molar-refractivity contribution in [1.82, 2.24) is 4.90 Å². The summed E-state index contributed by atoms with van der Waals surface area (Å²) in [7, 11) is 0. The zero-order chi connectivity index (χ0) is 16.0. The standard InChI is InChI=1S/C17H11NO5/c19-9-18-16(20)15(23-17(18)21)8-10-5-6-14-12(7-10)11-3-1-2-4-13(11)22-14/h1-8,19H,9H2. The number of carbonyl (C=O) groups excluding carboxylic acids is 2. The molecule has 0 radical (unpaired) electrons. The maximum absolute atomic E-state index is 11.9. The predicted octanol–water partition coefficient (Wildman–Crippen LogP) is 2.86. The van der Waals surface area contributed by atoms with Crippen LogP contribution in [0.15, 0.2) is 52.6 Å². The second kappa shape index (κ2) is 4.96. The van der Waals surface area contributed by atoms with E-state index < -0.39 is 18.7 Å². The molecule has 4 rings (SSSR count). The molecule has 1 aliphatic heterocycles. The van der Waals surface area contributed by atoms with E-state index in [1.54, 1.807) is 12.1 Å². The van der Waals surface area contributed by atoms with Gasteiger partial charge in [-0.1, -0.05) is 24.3 Å². The second-order valence-corrected chi connectivity index (χ2v) is 5.10. The quantitative estimate of drug-likeness (QED) is 0.736. The Hall–Kier alpha value is -3.12. The minimum atomic E-state index is -0.876. The minimum absolute atomic E-state index is 0.115. The monoisotopic (exact) mass is 309 g/mol. The fourth-order valence-corrected chi connectivity index (χ4v) is 2.61. The summed E-state index contributed by atoms with van der Waals surface area (Å²) in [4.78, 5) is 24.0. The van der Waals surface area contributed by atoms with Gasteiger partial charge < -0.3 is 14.3 Å². The predicted molar refractivity (Wildman–Crippen MR) is 82.1 cm³/mol. The number of rotatable bonds is 2. The van der Waals surface area contributed by atoms with Crippen molar-refractivity contribution in [3.05, 3.63) is 53.8 Å². The Labute approximate surface area is 130 Å². The first-order valence-electron chi connectivity index (χ1n) is 6.95. The summed E-state index contributed by atoms with van der Waals surface area (Å²) >= 11 is 0. The van der Waals surface area contributed by atoms with Crippen LogP contribution in [0.25, 0.3) is 28.0 Å². The Balaban J connectivity index is 1.81. The van der Waals surface area contributed by atoms with Crippen molar-refractivity contribution in [2.24, 2.45) is 0 Å². The lowest BCUT2D eigenvalue weighted by atomic mass is 10.1. The van der Waals surface area contributed by atoms with Crippen LogP contribution in [0.3, 0.4) is 0 Å². The van der Waals surface area contributed by atoms with Gasteiger partial charge in [0.2, 0.25) is 0 Å². The summed E-state index contributed by atoms with van der Waals surface area (Å²) in [5.41, 5.74) is 2.21. The fourth-order valence-electron chi connectivity index (χ4n) is 2.61. The highest BCUT2D eigenvalue weighted by Gasteiger charge is 2.35. The molecule has 1 saturated heterocycles. The summed E-state index contributed by atoms with van der Waals surface area (Å²) in [5.74, 6) is -0.772. The zero-order valence-electron chi connectivity index (χ0n) is 11.9. The molecule has 2 amide bonds. The molecule has 1 fully saturated rings. The molecule has 1 N–H and O–H groups in total. The van der Waals surface area contributed by atoms with Gasteiger partial charge in [-0.05, 0) is 29.8 Å². The summed E-state index contributed by atoms with van der Waals surface area (Å²) in [6.45, 7) is -0.708. The molecule has 1 aliphatic rings. The van der Waals surface area contributed by atoms with Crippen molar-refractivity contribution < 1.29 is 23.8 Å². The number of furan rings is 1. The number of hydrogen-bond donors (Lipinski definition) is 1. The molecular weight excluding hydrogens is 298 g/mol. The number of aliphatic hydroxyl groups is 1. The van der Waals surface area contributed by atoms with E-state index in [0.29, 0.717) is 10.5 Å². The lowest BCUT2D eigenvalue weighted by Gasteiger charge is -2.02. The van der Waals surface area contributed by atoms with Crippen molar-refractivity contribution in [3.8, 4) is 0 Å². The smallest absolute Gasteiger partial charge is 0.424 e. The van der Waals surface area contributed by atoms with Crippen LogP contribution in [0, 0.1) is 0 Å². The van der Waals surface area contributed by atoms with E-state index >= 15 is 0 Å². The molecule has 6 heteroatoms. The van der Waals surface area contributed by atoms with Crippen LogP contribution >= 0.6 is 0 Å². The molecule has 1 aromatic heterocycles. The van der Waals surface area contributed by atoms with E-state index in [9.17, 15) is 9.59 Å². The van der Waals surface area contributed by atoms with Crippen LogP contribution in [0.4, 0.5) is 4.79 Å². The number of hydrogen-bond acceptors (Lipinski definition) is 5. The van der Waals surface area contributed by atoms with Gasteiger partial charge in [0.15, 0.2) is 5.76 Å². The second-order valence-electron chi connectivity index (χ2n) is 5.10. The van der Waals surface area contributed by atoms with E-state index in [4.69, 9.17) is 14.3 Å². The van der Waals surface area contributed by atoms with Gasteiger partial charge in [0.1, 0.15) is 17.9 Å². The number of benzene rings is 2. The molecular formula is C17H11NO5. The molecule has 3 aromatic rings. The number of nitrogens with zero attached hydrogens (tertiary/aromatic N) is 1. The number of ether oxygens (including phenoxy) is 1. The van der Waals surface area contributed by atoms with Crippen LogP contribution in [-0.2, 0) is 9.53 Å². The van der Waals surface area contributed by atoms with E-state index in [0.717, 1.165) is 21.9 Å². The Bertz CT molecular complexity index is 985. The maximum Gasteiger partial charge on any atom is 0.424 e. The van der Waals surface area contributed by atoms with Crippen molar-refractivity contribution in [2.75, 3.05) is 6.73 Å². The first-order valence-corrected chi connectivity index (χ1v) is 6.95. The first kappa shape index (κ1) is 13.5. The fraction of sp³-hybridized carbons (Fsp3) is 0.0588. The van der Waals surface area contributed by atoms with Gasteiger partial charge >= 0.3 is 12.0 Å². The summed E-state index contributed by atoms with van der Waals surface area (Å²) < 4.78 is 10.6. The van der Waals surface area contributed by atoms with Crippen molar-refractivity contribution in [3.63, 3.8) is 0 Å². The lowest BCUT2D eigenvalue weighted by Crippen LogP contribution is -2.29. The zero-order valence-corrected chi connectivity index (χ0v) is 11.9. The Morgan fingerprint density at radius 1 is 1.04 bits per heavy atom. The van der Waals surface area contributed by atoms with E-state index in [-0.39, 0.29) is 5.76 Å². The summed E-state index contributed by atoms with van der Waals surface area (Å²) in [6.07, 6.45) is 0.593. The van der Waals surface area contributed by atoms with Crippen LogP contribution in [0.1, 0.15) is 5.56 Å². The molecule has 23 heavy (non-hydrogen) atoms. The van der Waals surface area contributed by atoms with Crippen molar-refractivity contribution in [2.45, 2.75) is 0 Å². The third-order valence-corrected chi connectivity index (χ3v) is 3.71. The number of fused-ring (bicyclic) bond motifs is 3. The molecule has 0 unspecified atom stereocenters. The van der Waals surface area contributed by atoms with E-state index in [1.807, 2.05) is 30.3 Å². The molecule has 0 saturated carbocycles. The number of amides is 2. The van der Waals surface area contributed by atoms with Gasteiger partial charge in [-0.15, -0.1) is 0 Å². The third-order valence-electron chi connectivity index (χ3n) is 3.71. The maximum atomic E-state index is 11.9. The molecule has 0 bridgehead atoms. The molecule has 6 nitrogen and oxygen atoms in total. The number of aliphatic hydroxyl groups excluding tert-OH is 1. The van der Waals surface area contributed by atoms with Gasteiger partial charge in [0.25, 0.3) is 0 Å². The number of carbonyl (C=O) groups is 2. The molecule has 0 atom stereocenters. The van der Waals surface area contributed by atoms with Crippen LogP contribution in [0.2, 0.25) is 0 Å². The summed E-state index contributed by atoms with van der Waals surface area (Å²) in [6, 6.07) is 13.1. The first-order chi connectivity index (χ1) is 11.2. The minimum Gasteiger partial charge on any atom is -0.456 e. The van der Waals surface area contributed by atoms with Gasteiger partial charge in [0.05, 0.1) is 0 Å². The van der Waals surface area contributed by atoms with Crippen LogP contribution < -0.4 is 0 Å². The van der Waals surface area contributed by atoms with Crippen molar-refractivity contribution in [1.29, 1.82) is 0 Å². The van der Waals surface area contributed by atoms with Crippen LogP contribution in [0.5, 0.6) is 0 Å². The van der Waals surface area contributed by atoms with Crippen LogP contribution in [-0.4, -0.2) is 28.7 Å². The largest absolute Gasteiger partial charge is 0.456 e. The molecule has 0 aliphatic carbocycles. The molecule has 0 spiro atoms. The molecule has 114 valence electrons. The number of imide groups is 1. The lowest BCUT2D eigenvalue weighted by molar-refractivity contribution is -0.125. The normalized spacial score (nSPS) is 16.7. The Morgan fingerprint density at radius 3 is 2.61 bits per heavy atom. The SMILES string of the molecule is O=C1OC(=Cc2ccc3oc4ccccc4c3c2)C(=O)N1CO. The third kappa shape index (κ3) is 2.08. The highest BCUT2D eigenvalue weighted by atomic mass is 16.6. The van der Waals surface area contributed by atoms with E-state index in [1.165, 1.54) is 6.08 Å². The summed E-state index contributed by atoms with van der Waals surface area (Å²) in [5, 5.41) is 10.9. The topological polar surface area (TPSA) is 80.0 Å². The average Bonchev–Trinajstić information content (AvgIpc) is 3.05. The Morgan fingerprint density at radius 2 is 1.83 bits per heavy atom.